The van der Waals surface area contributed by atoms with Crippen LogP contribution in [0.3, 0.4) is 0 Å². The van der Waals surface area contributed by atoms with E-state index in [4.69, 9.17) is 0 Å². The van der Waals surface area contributed by atoms with Crippen LogP contribution >= 0.6 is 0 Å². The summed E-state index contributed by atoms with van der Waals surface area (Å²) in [5.41, 5.74) is 4.56. The number of aromatic amines is 1. The molecule has 1 aliphatic rings. The Labute approximate surface area is 195 Å². The summed E-state index contributed by atoms with van der Waals surface area (Å²) in [6.45, 7) is 4.78. The molecule has 1 saturated heterocycles. The van der Waals surface area contributed by atoms with Gasteiger partial charge in [-0.25, -0.2) is 14.1 Å². The topological polar surface area (TPSA) is 66.8 Å². The van der Waals surface area contributed by atoms with E-state index >= 15 is 0 Å². The number of halogens is 1. The third kappa shape index (κ3) is 4.91. The number of aromatic nitrogens is 4. The standard InChI is InChI=1S/C25H28FN5OS/c1-18-25(33(32)15-19-2-5-22(26)6-3-19)9-11-30(18)10-8-21-13-28-24-7-4-20(12-23(21)24)14-31-17-27-16-29-31/h2-7,12-13,16-18,25,28H,8-11,14-15H2,1H3/t18?,25-,33?/m1/s1. The first-order chi connectivity index (χ1) is 16.1. The Kier molecular flexibility index (Phi) is 6.37. The first-order valence-electron chi connectivity index (χ1n) is 11.3. The maximum atomic E-state index is 13.2. The van der Waals surface area contributed by atoms with E-state index in [0.717, 1.165) is 37.0 Å². The van der Waals surface area contributed by atoms with Gasteiger partial charge in [0.05, 0.1) is 11.8 Å². The molecule has 0 spiro atoms. The molecule has 1 N–H and O–H groups in total. The molecule has 0 saturated carbocycles. The van der Waals surface area contributed by atoms with Crippen LogP contribution in [0, 0.1) is 5.82 Å². The summed E-state index contributed by atoms with van der Waals surface area (Å²) in [7, 11) is -0.969. The molecule has 172 valence electrons. The minimum Gasteiger partial charge on any atom is -0.361 e. The lowest BCUT2D eigenvalue weighted by Gasteiger charge is -2.24. The van der Waals surface area contributed by atoms with Crippen LogP contribution < -0.4 is 0 Å². The fraction of sp³-hybridized carbons (Fsp3) is 0.360. The van der Waals surface area contributed by atoms with Crippen molar-refractivity contribution in [3.8, 4) is 0 Å². The highest BCUT2D eigenvalue weighted by molar-refractivity contribution is 7.84. The Morgan fingerprint density at radius 1 is 1.18 bits per heavy atom. The summed E-state index contributed by atoms with van der Waals surface area (Å²) >= 11 is 0. The first-order valence-corrected chi connectivity index (χ1v) is 12.7. The molecule has 2 aromatic carbocycles. The van der Waals surface area contributed by atoms with Crippen LogP contribution in [0.4, 0.5) is 4.39 Å². The molecule has 2 unspecified atom stereocenters. The van der Waals surface area contributed by atoms with Gasteiger partial charge in [0, 0.05) is 46.2 Å². The third-order valence-electron chi connectivity index (χ3n) is 6.69. The van der Waals surface area contributed by atoms with Crippen molar-refractivity contribution in [2.24, 2.45) is 0 Å². The quantitative estimate of drug-likeness (QED) is 0.429. The number of nitrogens with one attached hydrogen (secondary N) is 1. The number of nitrogens with zero attached hydrogens (tertiary/aromatic N) is 4. The molecule has 0 aliphatic carbocycles. The molecule has 2 aromatic heterocycles. The second-order valence-electron chi connectivity index (χ2n) is 8.79. The van der Waals surface area contributed by atoms with Gasteiger partial charge in [0.2, 0.25) is 0 Å². The molecule has 4 aromatic rings. The Hall–Kier alpha value is -2.84. The lowest BCUT2D eigenvalue weighted by molar-refractivity contribution is 0.274. The second-order valence-corrected chi connectivity index (χ2v) is 10.4. The average molecular weight is 466 g/mol. The van der Waals surface area contributed by atoms with Crippen LogP contribution in [0.1, 0.15) is 30.0 Å². The number of benzene rings is 2. The highest BCUT2D eigenvalue weighted by Crippen LogP contribution is 2.26. The maximum absolute atomic E-state index is 13.2. The number of likely N-dealkylation sites (tertiary alicyclic amines) is 1. The Morgan fingerprint density at radius 3 is 2.79 bits per heavy atom. The fourth-order valence-electron chi connectivity index (χ4n) is 4.79. The summed E-state index contributed by atoms with van der Waals surface area (Å²) in [5.74, 6) is 0.230. The van der Waals surface area contributed by atoms with E-state index in [0.29, 0.717) is 12.3 Å². The lowest BCUT2D eigenvalue weighted by atomic mass is 10.1. The van der Waals surface area contributed by atoms with Crippen molar-refractivity contribution in [2.75, 3.05) is 13.1 Å². The van der Waals surface area contributed by atoms with Gasteiger partial charge < -0.3 is 4.98 Å². The van der Waals surface area contributed by atoms with Crippen molar-refractivity contribution in [1.82, 2.24) is 24.6 Å². The molecule has 8 heteroatoms. The molecule has 6 nitrogen and oxygen atoms in total. The minimum atomic E-state index is -0.969. The number of hydrogen-bond donors (Lipinski definition) is 1. The van der Waals surface area contributed by atoms with E-state index in [1.165, 1.54) is 28.6 Å². The molecule has 5 rings (SSSR count). The molecule has 33 heavy (non-hydrogen) atoms. The van der Waals surface area contributed by atoms with Crippen LogP contribution in [0.15, 0.2) is 61.3 Å². The molecule has 0 bridgehead atoms. The maximum Gasteiger partial charge on any atom is 0.137 e. The molecule has 1 fully saturated rings. The zero-order valence-electron chi connectivity index (χ0n) is 18.7. The van der Waals surface area contributed by atoms with Gasteiger partial charge in [0.1, 0.15) is 18.5 Å². The predicted octanol–water partition coefficient (Wildman–Crippen LogP) is 3.90. The summed E-state index contributed by atoms with van der Waals surface area (Å²) in [5, 5.41) is 5.59. The lowest BCUT2D eigenvalue weighted by Crippen LogP contribution is -2.36. The van der Waals surface area contributed by atoms with Crippen molar-refractivity contribution in [3.05, 3.63) is 83.8 Å². The van der Waals surface area contributed by atoms with Gasteiger partial charge in [-0.05, 0) is 67.3 Å². The summed E-state index contributed by atoms with van der Waals surface area (Å²) in [4.78, 5) is 9.86. The fourth-order valence-corrected chi connectivity index (χ4v) is 6.50. The second kappa shape index (κ2) is 9.57. The van der Waals surface area contributed by atoms with Gasteiger partial charge >= 0.3 is 0 Å². The minimum absolute atomic E-state index is 0.146. The van der Waals surface area contributed by atoms with Gasteiger partial charge in [0.25, 0.3) is 0 Å². The van der Waals surface area contributed by atoms with Crippen LogP contribution in [-0.2, 0) is 29.5 Å². The normalized spacial score (nSPS) is 19.9. The van der Waals surface area contributed by atoms with Crippen LogP contribution in [-0.4, -0.2) is 53.2 Å². The average Bonchev–Trinajstić information content (AvgIpc) is 3.55. The number of H-pyrrole nitrogens is 1. The molecule has 0 amide bonds. The third-order valence-corrected chi connectivity index (χ3v) is 8.61. The highest BCUT2D eigenvalue weighted by atomic mass is 32.2. The highest BCUT2D eigenvalue weighted by Gasteiger charge is 2.34. The van der Waals surface area contributed by atoms with Crippen LogP contribution in [0.2, 0.25) is 0 Å². The van der Waals surface area contributed by atoms with Gasteiger partial charge in [-0.2, -0.15) is 5.10 Å². The van der Waals surface area contributed by atoms with Crippen molar-refractivity contribution in [2.45, 2.75) is 43.4 Å². The zero-order valence-corrected chi connectivity index (χ0v) is 19.5. The molecule has 0 radical (unpaired) electrons. The largest absolute Gasteiger partial charge is 0.361 e. The van der Waals surface area contributed by atoms with Gasteiger partial charge in [-0.15, -0.1) is 0 Å². The van der Waals surface area contributed by atoms with Crippen LogP contribution in [0.5, 0.6) is 0 Å². The smallest absolute Gasteiger partial charge is 0.137 e. The molecule has 1 aliphatic heterocycles. The Bertz CT molecular complexity index is 1240. The van der Waals surface area contributed by atoms with Gasteiger partial charge in [-0.3, -0.25) is 9.11 Å². The van der Waals surface area contributed by atoms with Gasteiger partial charge in [0.15, 0.2) is 0 Å². The monoisotopic (exact) mass is 465 g/mol. The van der Waals surface area contributed by atoms with Crippen molar-refractivity contribution in [3.63, 3.8) is 0 Å². The van der Waals surface area contributed by atoms with Crippen LogP contribution in [0.25, 0.3) is 10.9 Å². The predicted molar refractivity (Wildman–Crippen MR) is 129 cm³/mol. The van der Waals surface area contributed by atoms with E-state index < -0.39 is 10.8 Å². The Morgan fingerprint density at radius 2 is 2.00 bits per heavy atom. The molecular formula is C25H28FN5OS. The van der Waals surface area contributed by atoms with E-state index in [9.17, 15) is 8.60 Å². The summed E-state index contributed by atoms with van der Waals surface area (Å²) in [6, 6.07) is 13.1. The first kappa shape index (κ1) is 22.0. The number of hydrogen-bond acceptors (Lipinski definition) is 4. The molecular weight excluding hydrogens is 437 g/mol. The Balaban J connectivity index is 1.21. The molecule has 3 heterocycles. The van der Waals surface area contributed by atoms with Crippen molar-refractivity contribution >= 4 is 21.7 Å². The van der Waals surface area contributed by atoms with E-state index in [1.807, 2.05) is 4.68 Å². The summed E-state index contributed by atoms with van der Waals surface area (Å²) in [6.07, 6.45) is 7.26. The van der Waals surface area contributed by atoms with E-state index in [1.54, 1.807) is 24.8 Å². The SMILES string of the molecule is CC1[C@H](S(=O)Cc2ccc(F)cc2)CCN1CCc1c[nH]c2ccc(Cn3cncn3)cc12. The van der Waals surface area contributed by atoms with Gasteiger partial charge in [-0.1, -0.05) is 18.2 Å². The van der Waals surface area contributed by atoms with Crippen molar-refractivity contribution < 1.29 is 8.60 Å². The van der Waals surface area contributed by atoms with E-state index in [-0.39, 0.29) is 17.1 Å². The molecule has 3 atom stereocenters. The zero-order chi connectivity index (χ0) is 22.8. The number of rotatable bonds is 8. The van der Waals surface area contributed by atoms with E-state index in [2.05, 4.69) is 51.3 Å². The number of fused-ring (bicyclic) bond motifs is 1. The van der Waals surface area contributed by atoms with Crippen molar-refractivity contribution in [1.29, 1.82) is 0 Å². The summed E-state index contributed by atoms with van der Waals surface area (Å²) < 4.78 is 28.0.